The number of carbonyl (C=O) groups excluding carboxylic acids is 1. The number of carbonyl (C=O) groups is 1. The van der Waals surface area contributed by atoms with Gasteiger partial charge >= 0.3 is 0 Å². The average molecular weight is 245 g/mol. The SMILES string of the molecule is COc1cc2c(cc1N)N=C[C@@H]1CCCN1C2=O. The van der Waals surface area contributed by atoms with Gasteiger partial charge in [0.25, 0.3) is 5.91 Å². The molecule has 2 aliphatic heterocycles. The van der Waals surface area contributed by atoms with Gasteiger partial charge in [-0.2, -0.15) is 0 Å². The highest BCUT2D eigenvalue weighted by atomic mass is 16.5. The number of amides is 1. The highest BCUT2D eigenvalue weighted by molar-refractivity contribution is 6.03. The molecule has 18 heavy (non-hydrogen) atoms. The summed E-state index contributed by atoms with van der Waals surface area (Å²) in [6.07, 6.45) is 3.86. The van der Waals surface area contributed by atoms with E-state index in [-0.39, 0.29) is 11.9 Å². The fourth-order valence-corrected chi connectivity index (χ4v) is 2.56. The van der Waals surface area contributed by atoms with Crippen molar-refractivity contribution < 1.29 is 9.53 Å². The van der Waals surface area contributed by atoms with E-state index in [1.165, 1.54) is 0 Å². The van der Waals surface area contributed by atoms with E-state index in [4.69, 9.17) is 10.5 Å². The Hall–Kier alpha value is -2.04. The van der Waals surface area contributed by atoms with Gasteiger partial charge in [-0.05, 0) is 25.0 Å². The smallest absolute Gasteiger partial charge is 0.256 e. The number of fused-ring (bicyclic) bond motifs is 2. The molecule has 5 nitrogen and oxygen atoms in total. The monoisotopic (exact) mass is 245 g/mol. The molecule has 94 valence electrons. The number of benzene rings is 1. The topological polar surface area (TPSA) is 67.9 Å². The lowest BCUT2D eigenvalue weighted by molar-refractivity contribution is 0.0774. The van der Waals surface area contributed by atoms with Gasteiger partial charge in [-0.15, -0.1) is 0 Å². The second-order valence-electron chi connectivity index (χ2n) is 4.60. The minimum absolute atomic E-state index is 0.0169. The summed E-state index contributed by atoms with van der Waals surface area (Å²) in [4.78, 5) is 18.7. The van der Waals surface area contributed by atoms with Crippen LogP contribution in [0.3, 0.4) is 0 Å². The Balaban J connectivity index is 2.12. The Morgan fingerprint density at radius 2 is 2.33 bits per heavy atom. The molecular weight excluding hydrogens is 230 g/mol. The number of anilines is 1. The minimum Gasteiger partial charge on any atom is -0.495 e. The number of nitrogens with zero attached hydrogens (tertiary/aromatic N) is 2. The third-order valence-electron chi connectivity index (χ3n) is 3.52. The van der Waals surface area contributed by atoms with Crippen molar-refractivity contribution in [1.29, 1.82) is 0 Å². The van der Waals surface area contributed by atoms with Crippen LogP contribution in [0.15, 0.2) is 17.1 Å². The van der Waals surface area contributed by atoms with Gasteiger partial charge in [0.15, 0.2) is 0 Å². The normalized spacial score (nSPS) is 21.5. The second-order valence-corrected chi connectivity index (χ2v) is 4.60. The summed E-state index contributed by atoms with van der Waals surface area (Å²) in [6, 6.07) is 3.51. The summed E-state index contributed by atoms with van der Waals surface area (Å²) in [6.45, 7) is 0.793. The zero-order valence-corrected chi connectivity index (χ0v) is 10.2. The molecule has 2 aliphatic rings. The molecule has 1 fully saturated rings. The molecule has 1 atom stereocenters. The van der Waals surface area contributed by atoms with Crippen molar-refractivity contribution >= 4 is 23.5 Å². The van der Waals surface area contributed by atoms with Crippen LogP contribution in [0, 0.1) is 0 Å². The molecule has 0 spiro atoms. The number of nitrogen functional groups attached to an aromatic ring is 1. The van der Waals surface area contributed by atoms with E-state index >= 15 is 0 Å². The van der Waals surface area contributed by atoms with Gasteiger partial charge < -0.3 is 15.4 Å². The Kier molecular flexibility index (Phi) is 2.47. The van der Waals surface area contributed by atoms with Gasteiger partial charge in [0.2, 0.25) is 0 Å². The summed E-state index contributed by atoms with van der Waals surface area (Å²) < 4.78 is 5.16. The van der Waals surface area contributed by atoms with Crippen molar-refractivity contribution in [3.8, 4) is 5.75 Å². The largest absolute Gasteiger partial charge is 0.495 e. The molecule has 1 saturated heterocycles. The summed E-state index contributed by atoms with van der Waals surface area (Å²) >= 11 is 0. The highest BCUT2D eigenvalue weighted by Gasteiger charge is 2.32. The van der Waals surface area contributed by atoms with Crippen LogP contribution in [-0.2, 0) is 0 Å². The van der Waals surface area contributed by atoms with Gasteiger partial charge in [0, 0.05) is 12.8 Å². The van der Waals surface area contributed by atoms with E-state index in [9.17, 15) is 4.79 Å². The first-order chi connectivity index (χ1) is 8.70. The maximum Gasteiger partial charge on any atom is 0.256 e. The number of rotatable bonds is 1. The molecule has 1 aromatic rings. The maximum atomic E-state index is 12.4. The molecule has 2 N–H and O–H groups in total. The molecule has 0 aromatic heterocycles. The summed E-state index contributed by atoms with van der Waals surface area (Å²) in [7, 11) is 1.54. The van der Waals surface area contributed by atoms with Crippen LogP contribution in [0.5, 0.6) is 5.75 Å². The quantitative estimate of drug-likeness (QED) is 0.764. The molecule has 1 aromatic carbocycles. The summed E-state index contributed by atoms with van der Waals surface area (Å²) in [5.74, 6) is 0.540. The molecule has 0 bridgehead atoms. The molecule has 5 heteroatoms. The number of aliphatic imine (C=N–C) groups is 1. The molecule has 1 amide bonds. The number of hydrogen-bond donors (Lipinski definition) is 1. The van der Waals surface area contributed by atoms with Crippen molar-refractivity contribution in [1.82, 2.24) is 4.90 Å². The number of nitrogens with two attached hydrogens (primary N) is 1. The molecular formula is C13H15N3O2. The van der Waals surface area contributed by atoms with Crippen LogP contribution >= 0.6 is 0 Å². The van der Waals surface area contributed by atoms with Crippen molar-refractivity contribution in [2.24, 2.45) is 4.99 Å². The third kappa shape index (κ3) is 1.54. The third-order valence-corrected chi connectivity index (χ3v) is 3.52. The van der Waals surface area contributed by atoms with E-state index in [1.54, 1.807) is 19.2 Å². The van der Waals surface area contributed by atoms with Crippen LogP contribution < -0.4 is 10.5 Å². The Morgan fingerprint density at radius 3 is 3.11 bits per heavy atom. The van der Waals surface area contributed by atoms with E-state index in [0.717, 1.165) is 19.4 Å². The predicted molar refractivity (Wildman–Crippen MR) is 69.6 cm³/mol. The summed E-state index contributed by atoms with van der Waals surface area (Å²) in [5.41, 5.74) is 7.55. The number of methoxy groups -OCH3 is 1. The fraction of sp³-hybridized carbons (Fsp3) is 0.385. The fourth-order valence-electron chi connectivity index (χ4n) is 2.56. The molecule has 2 heterocycles. The summed E-state index contributed by atoms with van der Waals surface area (Å²) in [5, 5.41) is 0. The van der Waals surface area contributed by atoms with Gasteiger partial charge in [-0.1, -0.05) is 0 Å². The Bertz CT molecular complexity index is 539. The first-order valence-electron chi connectivity index (χ1n) is 6.03. The van der Waals surface area contributed by atoms with Crippen LogP contribution in [0.25, 0.3) is 0 Å². The maximum absolute atomic E-state index is 12.4. The first kappa shape index (κ1) is 11.1. The van der Waals surface area contributed by atoms with Crippen molar-refractivity contribution in [3.63, 3.8) is 0 Å². The van der Waals surface area contributed by atoms with Crippen LogP contribution in [0.4, 0.5) is 11.4 Å². The van der Waals surface area contributed by atoms with E-state index in [2.05, 4.69) is 4.99 Å². The van der Waals surface area contributed by atoms with Gasteiger partial charge in [0.05, 0.1) is 30.1 Å². The van der Waals surface area contributed by atoms with Crippen LogP contribution in [-0.4, -0.2) is 36.7 Å². The zero-order chi connectivity index (χ0) is 12.7. The van der Waals surface area contributed by atoms with Gasteiger partial charge in [-0.3, -0.25) is 9.79 Å². The van der Waals surface area contributed by atoms with Crippen molar-refractivity contribution in [2.75, 3.05) is 19.4 Å². The van der Waals surface area contributed by atoms with E-state index in [0.29, 0.717) is 22.7 Å². The second kappa shape index (κ2) is 4.01. The molecule has 0 unspecified atom stereocenters. The molecule has 3 rings (SSSR count). The molecule has 0 radical (unpaired) electrons. The van der Waals surface area contributed by atoms with Crippen molar-refractivity contribution in [2.45, 2.75) is 18.9 Å². The van der Waals surface area contributed by atoms with Gasteiger partial charge in [0.1, 0.15) is 5.75 Å². The molecule has 0 aliphatic carbocycles. The lowest BCUT2D eigenvalue weighted by Crippen LogP contribution is -2.35. The lowest BCUT2D eigenvalue weighted by Gasteiger charge is -2.20. The van der Waals surface area contributed by atoms with E-state index in [1.807, 2.05) is 11.1 Å². The number of ether oxygens (including phenoxy) is 1. The standard InChI is InChI=1S/C13H15N3O2/c1-18-12-5-9-11(6-10(12)14)15-7-8-3-2-4-16(8)13(9)17/h5-8H,2-4,14H2,1H3/t8-/m0/s1. The Morgan fingerprint density at radius 1 is 1.50 bits per heavy atom. The van der Waals surface area contributed by atoms with Gasteiger partial charge in [-0.25, -0.2) is 0 Å². The van der Waals surface area contributed by atoms with Crippen LogP contribution in [0.2, 0.25) is 0 Å². The average Bonchev–Trinajstić information content (AvgIpc) is 2.79. The predicted octanol–water partition coefficient (Wildman–Crippen LogP) is 1.60. The highest BCUT2D eigenvalue weighted by Crippen LogP contribution is 2.34. The zero-order valence-electron chi connectivity index (χ0n) is 10.2. The molecule has 0 saturated carbocycles. The minimum atomic E-state index is 0.0169. The lowest BCUT2D eigenvalue weighted by atomic mass is 10.1. The first-order valence-corrected chi connectivity index (χ1v) is 6.03. The number of hydrogen-bond acceptors (Lipinski definition) is 4. The van der Waals surface area contributed by atoms with Crippen LogP contribution in [0.1, 0.15) is 23.2 Å². The van der Waals surface area contributed by atoms with Crippen molar-refractivity contribution in [3.05, 3.63) is 17.7 Å². The Labute approximate surface area is 105 Å². The van der Waals surface area contributed by atoms with E-state index < -0.39 is 0 Å².